The molecular formula is C16H24N2O3S. The third-order valence-corrected chi connectivity index (χ3v) is 5.35. The van der Waals surface area contributed by atoms with Gasteiger partial charge in [0, 0.05) is 6.54 Å². The lowest BCUT2D eigenvalue weighted by Gasteiger charge is -2.20. The van der Waals surface area contributed by atoms with Gasteiger partial charge in [-0.25, -0.2) is 8.42 Å². The molecule has 0 radical (unpaired) electrons. The number of hydrogen-bond acceptors (Lipinski definition) is 3. The molecule has 0 aromatic heterocycles. The summed E-state index contributed by atoms with van der Waals surface area (Å²) in [6.07, 6.45) is 2.24. The van der Waals surface area contributed by atoms with Gasteiger partial charge in [-0.3, -0.25) is 4.79 Å². The molecule has 5 nitrogen and oxygen atoms in total. The molecule has 0 bridgehead atoms. The highest BCUT2D eigenvalue weighted by molar-refractivity contribution is 7.89. The second-order valence-electron chi connectivity index (χ2n) is 6.74. The normalized spacial score (nSPS) is 20.3. The minimum Gasteiger partial charge on any atom is -0.355 e. The Balaban J connectivity index is 2.17. The van der Waals surface area contributed by atoms with E-state index in [9.17, 15) is 13.2 Å². The molecule has 0 saturated carbocycles. The second-order valence-corrected chi connectivity index (χ2v) is 8.45. The Hall–Kier alpha value is -1.40. The number of hydrogen-bond donors (Lipinski definition) is 2. The molecule has 1 aromatic carbocycles. The third kappa shape index (κ3) is 4.08. The fourth-order valence-electron chi connectivity index (χ4n) is 2.44. The van der Waals surface area contributed by atoms with Crippen molar-refractivity contribution in [3.05, 3.63) is 29.8 Å². The van der Waals surface area contributed by atoms with E-state index in [-0.39, 0.29) is 16.2 Å². The van der Waals surface area contributed by atoms with Crippen molar-refractivity contribution in [1.29, 1.82) is 0 Å². The first-order valence-electron chi connectivity index (χ1n) is 7.61. The van der Waals surface area contributed by atoms with E-state index in [1.54, 1.807) is 12.1 Å². The molecule has 1 heterocycles. The van der Waals surface area contributed by atoms with Crippen LogP contribution in [0.3, 0.4) is 0 Å². The number of rotatable bonds is 3. The monoisotopic (exact) mass is 324 g/mol. The van der Waals surface area contributed by atoms with E-state index in [0.717, 1.165) is 18.4 Å². The molecule has 2 N–H and O–H groups in total. The predicted octanol–water partition coefficient (Wildman–Crippen LogP) is 1.93. The number of nitrogens with one attached hydrogen (secondary N) is 2. The van der Waals surface area contributed by atoms with Crippen LogP contribution in [0.4, 0.5) is 0 Å². The van der Waals surface area contributed by atoms with E-state index >= 15 is 0 Å². The van der Waals surface area contributed by atoms with E-state index < -0.39 is 16.1 Å². The molecule has 1 unspecified atom stereocenters. The van der Waals surface area contributed by atoms with Gasteiger partial charge in [-0.15, -0.1) is 0 Å². The molecule has 2 rings (SSSR count). The lowest BCUT2D eigenvalue weighted by atomic mass is 9.87. The smallest absolute Gasteiger partial charge is 0.241 e. The number of benzene rings is 1. The van der Waals surface area contributed by atoms with E-state index in [4.69, 9.17) is 0 Å². The maximum Gasteiger partial charge on any atom is 0.241 e. The summed E-state index contributed by atoms with van der Waals surface area (Å²) >= 11 is 0. The fourth-order valence-corrected chi connectivity index (χ4v) is 3.67. The minimum atomic E-state index is -3.68. The van der Waals surface area contributed by atoms with Crippen LogP contribution in [0, 0.1) is 0 Å². The van der Waals surface area contributed by atoms with Gasteiger partial charge in [0.05, 0.1) is 4.90 Å². The number of carbonyl (C=O) groups is 1. The summed E-state index contributed by atoms with van der Waals surface area (Å²) in [4.78, 5) is 12.1. The Bertz CT molecular complexity index is 630. The fraction of sp³-hybridized carbons (Fsp3) is 0.562. The van der Waals surface area contributed by atoms with Crippen molar-refractivity contribution in [1.82, 2.24) is 10.0 Å². The topological polar surface area (TPSA) is 75.3 Å². The van der Waals surface area contributed by atoms with Gasteiger partial charge in [-0.05, 0) is 42.4 Å². The van der Waals surface area contributed by atoms with Crippen LogP contribution in [0.5, 0.6) is 0 Å². The summed E-state index contributed by atoms with van der Waals surface area (Å²) in [7, 11) is -3.68. The van der Waals surface area contributed by atoms with Crippen molar-refractivity contribution < 1.29 is 13.2 Å². The standard InChI is InChI=1S/C16H24N2O3S/c1-16(2,3)12-7-9-13(10-8-12)22(20,21)18-14-6-4-5-11-17-15(14)19/h7-10,14,18H,4-6,11H2,1-3H3,(H,17,19). The molecule has 1 aliphatic heterocycles. The van der Waals surface area contributed by atoms with E-state index in [2.05, 4.69) is 30.8 Å². The van der Waals surface area contributed by atoms with Crippen LogP contribution in [-0.2, 0) is 20.2 Å². The average molecular weight is 324 g/mol. The van der Waals surface area contributed by atoms with E-state index in [0.29, 0.717) is 13.0 Å². The third-order valence-electron chi connectivity index (χ3n) is 3.86. The van der Waals surface area contributed by atoms with Crippen LogP contribution in [0.2, 0.25) is 0 Å². The van der Waals surface area contributed by atoms with Gasteiger partial charge in [-0.1, -0.05) is 32.9 Å². The Kier molecular flexibility index (Phi) is 4.92. The van der Waals surface area contributed by atoms with Crippen molar-refractivity contribution in [2.75, 3.05) is 6.54 Å². The number of carbonyl (C=O) groups excluding carboxylic acids is 1. The van der Waals surface area contributed by atoms with Gasteiger partial charge >= 0.3 is 0 Å². The zero-order valence-electron chi connectivity index (χ0n) is 13.3. The van der Waals surface area contributed by atoms with Crippen LogP contribution in [0.25, 0.3) is 0 Å². The number of sulfonamides is 1. The van der Waals surface area contributed by atoms with Gasteiger partial charge in [-0.2, -0.15) is 4.72 Å². The van der Waals surface area contributed by atoms with Gasteiger partial charge in [0.25, 0.3) is 0 Å². The maximum absolute atomic E-state index is 12.4. The zero-order chi connectivity index (χ0) is 16.4. The first-order chi connectivity index (χ1) is 10.2. The maximum atomic E-state index is 12.4. The molecule has 0 spiro atoms. The van der Waals surface area contributed by atoms with Crippen LogP contribution in [0.1, 0.15) is 45.6 Å². The Labute approximate surface area is 132 Å². The van der Waals surface area contributed by atoms with E-state index in [1.165, 1.54) is 0 Å². The summed E-state index contributed by atoms with van der Waals surface area (Å²) in [5, 5.41) is 2.73. The highest BCUT2D eigenvalue weighted by Crippen LogP contribution is 2.23. The Morgan fingerprint density at radius 2 is 1.77 bits per heavy atom. The van der Waals surface area contributed by atoms with Crippen LogP contribution in [-0.4, -0.2) is 26.9 Å². The average Bonchev–Trinajstić information content (AvgIpc) is 2.63. The van der Waals surface area contributed by atoms with Crippen molar-refractivity contribution in [2.24, 2.45) is 0 Å². The van der Waals surface area contributed by atoms with Gasteiger partial charge < -0.3 is 5.32 Å². The number of amides is 1. The summed E-state index contributed by atoms with van der Waals surface area (Å²) in [5.41, 5.74) is 1.04. The van der Waals surface area contributed by atoms with Gasteiger partial charge in [0.2, 0.25) is 15.9 Å². The Morgan fingerprint density at radius 3 is 2.36 bits per heavy atom. The lowest BCUT2D eigenvalue weighted by molar-refractivity contribution is -0.122. The van der Waals surface area contributed by atoms with Crippen molar-refractivity contribution in [3.8, 4) is 0 Å². The van der Waals surface area contributed by atoms with Crippen LogP contribution >= 0.6 is 0 Å². The summed E-state index contributed by atoms with van der Waals surface area (Å²) in [5.74, 6) is -0.243. The van der Waals surface area contributed by atoms with Gasteiger partial charge in [0.1, 0.15) is 6.04 Å². The molecule has 1 fully saturated rings. The molecule has 1 amide bonds. The Morgan fingerprint density at radius 1 is 1.14 bits per heavy atom. The van der Waals surface area contributed by atoms with E-state index in [1.807, 2.05) is 12.1 Å². The minimum absolute atomic E-state index is 0.0309. The highest BCUT2D eigenvalue weighted by atomic mass is 32.2. The van der Waals surface area contributed by atoms with Crippen molar-refractivity contribution in [2.45, 2.75) is 56.4 Å². The molecule has 1 aromatic rings. The molecule has 1 aliphatic rings. The molecular weight excluding hydrogens is 300 g/mol. The zero-order valence-corrected chi connectivity index (χ0v) is 14.2. The molecule has 6 heteroatoms. The largest absolute Gasteiger partial charge is 0.355 e. The predicted molar refractivity (Wildman–Crippen MR) is 86.1 cm³/mol. The first kappa shape index (κ1) is 17.0. The second kappa shape index (κ2) is 6.38. The first-order valence-corrected chi connectivity index (χ1v) is 9.09. The van der Waals surface area contributed by atoms with Crippen molar-refractivity contribution in [3.63, 3.8) is 0 Å². The molecule has 1 atom stereocenters. The van der Waals surface area contributed by atoms with Crippen molar-refractivity contribution >= 4 is 15.9 Å². The summed E-state index contributed by atoms with van der Waals surface area (Å²) in [6.45, 7) is 6.83. The molecule has 0 aliphatic carbocycles. The quantitative estimate of drug-likeness (QED) is 0.892. The molecule has 1 saturated heterocycles. The summed E-state index contributed by atoms with van der Waals surface area (Å²) < 4.78 is 27.4. The van der Waals surface area contributed by atoms with Crippen LogP contribution in [0.15, 0.2) is 29.2 Å². The lowest BCUT2D eigenvalue weighted by Crippen LogP contribution is -2.45. The van der Waals surface area contributed by atoms with Gasteiger partial charge in [0.15, 0.2) is 0 Å². The molecule has 122 valence electrons. The highest BCUT2D eigenvalue weighted by Gasteiger charge is 2.27. The molecule has 22 heavy (non-hydrogen) atoms. The summed E-state index contributed by atoms with van der Waals surface area (Å²) in [6, 6.07) is 6.15. The SMILES string of the molecule is CC(C)(C)c1ccc(S(=O)(=O)NC2CCCCNC2=O)cc1. The van der Waals surface area contributed by atoms with Crippen LogP contribution < -0.4 is 10.0 Å².